The van der Waals surface area contributed by atoms with E-state index in [1.54, 1.807) is 24.3 Å². The summed E-state index contributed by atoms with van der Waals surface area (Å²) in [6.07, 6.45) is 1.64. The SMILES string of the molecule is COc1cc2nccc(Oc3ccc(NC(=S)NC(=O)Cc4ccccc4)cc3F)c2cc1C(=O)NCCNC(C)=O. The van der Waals surface area contributed by atoms with Gasteiger partial charge >= 0.3 is 0 Å². The minimum atomic E-state index is -0.687. The van der Waals surface area contributed by atoms with Gasteiger partial charge in [0.1, 0.15) is 11.5 Å². The Labute approximate surface area is 246 Å². The van der Waals surface area contributed by atoms with Crippen LogP contribution >= 0.6 is 12.2 Å². The summed E-state index contributed by atoms with van der Waals surface area (Å²) >= 11 is 5.20. The molecule has 0 bridgehead atoms. The van der Waals surface area contributed by atoms with Gasteiger partial charge in [0, 0.05) is 49.4 Å². The number of pyridine rings is 1. The number of fused-ring (bicyclic) bond motifs is 1. The molecule has 3 amide bonds. The van der Waals surface area contributed by atoms with Crippen molar-refractivity contribution >= 4 is 51.6 Å². The standard InChI is InChI=1S/C30H28FN5O5S/c1-18(37)32-12-13-34-29(39)22-16-21-24(17-27(22)40-2)33-11-10-25(21)41-26-9-8-20(15-23(26)31)35-30(42)36-28(38)14-19-6-4-3-5-7-19/h3-11,15-17H,12-14H2,1-2H3,(H,32,37)(H,34,39)(H2,35,36,38,42). The van der Waals surface area contributed by atoms with Crippen molar-refractivity contribution in [3.05, 3.63) is 89.9 Å². The first-order valence-corrected chi connectivity index (χ1v) is 13.3. The number of benzene rings is 3. The number of hydrogen-bond acceptors (Lipinski definition) is 7. The normalized spacial score (nSPS) is 10.5. The average Bonchev–Trinajstić information content (AvgIpc) is 2.96. The molecule has 1 heterocycles. The fourth-order valence-corrected chi connectivity index (χ4v) is 4.22. The highest BCUT2D eigenvalue weighted by Gasteiger charge is 2.17. The number of aromatic nitrogens is 1. The maximum atomic E-state index is 15.1. The second kappa shape index (κ2) is 14.0. The van der Waals surface area contributed by atoms with Gasteiger partial charge in [0.2, 0.25) is 11.8 Å². The molecule has 216 valence electrons. The topological polar surface area (TPSA) is 131 Å². The molecule has 0 fully saturated rings. The smallest absolute Gasteiger partial charge is 0.255 e. The van der Waals surface area contributed by atoms with Crippen molar-refractivity contribution in [2.75, 3.05) is 25.5 Å². The van der Waals surface area contributed by atoms with Crippen LogP contribution in [-0.2, 0) is 16.0 Å². The first-order valence-electron chi connectivity index (χ1n) is 12.8. The maximum Gasteiger partial charge on any atom is 0.255 e. The van der Waals surface area contributed by atoms with E-state index in [2.05, 4.69) is 26.3 Å². The first kappa shape index (κ1) is 29.9. The summed E-state index contributed by atoms with van der Waals surface area (Å²) in [6.45, 7) is 1.86. The van der Waals surface area contributed by atoms with Gasteiger partial charge < -0.3 is 30.7 Å². The summed E-state index contributed by atoms with van der Waals surface area (Å²) in [7, 11) is 1.43. The summed E-state index contributed by atoms with van der Waals surface area (Å²) in [4.78, 5) is 40.5. The predicted octanol–water partition coefficient (Wildman–Crippen LogP) is 4.10. The van der Waals surface area contributed by atoms with E-state index in [9.17, 15) is 14.4 Å². The van der Waals surface area contributed by atoms with E-state index in [1.165, 1.54) is 32.4 Å². The number of anilines is 1. The van der Waals surface area contributed by atoms with Gasteiger partial charge in [0.05, 0.1) is 24.6 Å². The van der Waals surface area contributed by atoms with Crippen LogP contribution in [0.15, 0.2) is 72.9 Å². The van der Waals surface area contributed by atoms with Crippen molar-refractivity contribution < 1.29 is 28.2 Å². The fraction of sp³-hybridized carbons (Fsp3) is 0.167. The number of rotatable bonds is 10. The molecule has 0 radical (unpaired) electrons. The summed E-state index contributed by atoms with van der Waals surface area (Å²) in [5.41, 5.74) is 1.83. The molecule has 42 heavy (non-hydrogen) atoms. The predicted molar refractivity (Wildman–Crippen MR) is 160 cm³/mol. The van der Waals surface area contributed by atoms with Crippen LogP contribution in [0.5, 0.6) is 17.2 Å². The van der Waals surface area contributed by atoms with Crippen LogP contribution in [0.4, 0.5) is 10.1 Å². The van der Waals surface area contributed by atoms with Crippen LogP contribution in [0.3, 0.4) is 0 Å². The molecule has 0 aliphatic carbocycles. The van der Waals surface area contributed by atoms with E-state index < -0.39 is 11.7 Å². The van der Waals surface area contributed by atoms with Gasteiger partial charge in [0.15, 0.2) is 16.7 Å². The zero-order valence-electron chi connectivity index (χ0n) is 22.8. The Morgan fingerprint density at radius 3 is 2.40 bits per heavy atom. The van der Waals surface area contributed by atoms with Gasteiger partial charge in [0.25, 0.3) is 5.91 Å². The molecule has 4 aromatic rings. The lowest BCUT2D eigenvalue weighted by molar-refractivity contribution is -0.119. The molecule has 1 aromatic heterocycles. The molecule has 4 N–H and O–H groups in total. The monoisotopic (exact) mass is 589 g/mol. The number of methoxy groups -OCH3 is 1. The quantitative estimate of drug-likeness (QED) is 0.161. The Morgan fingerprint density at radius 1 is 0.929 bits per heavy atom. The van der Waals surface area contributed by atoms with Gasteiger partial charge in [-0.2, -0.15) is 0 Å². The van der Waals surface area contributed by atoms with Crippen LogP contribution in [-0.4, -0.2) is 48.0 Å². The van der Waals surface area contributed by atoms with Gasteiger partial charge in [-0.3, -0.25) is 19.4 Å². The lowest BCUT2D eigenvalue weighted by Gasteiger charge is -2.14. The fourth-order valence-electron chi connectivity index (χ4n) is 3.99. The largest absolute Gasteiger partial charge is 0.496 e. The molecule has 4 rings (SSSR count). The lowest BCUT2D eigenvalue weighted by atomic mass is 10.1. The Kier molecular flexibility index (Phi) is 9.95. The Hall–Kier alpha value is -5.10. The maximum absolute atomic E-state index is 15.1. The highest BCUT2D eigenvalue weighted by Crippen LogP contribution is 2.34. The molecular weight excluding hydrogens is 561 g/mol. The number of nitrogens with zero attached hydrogens (tertiary/aromatic N) is 1. The molecule has 0 saturated heterocycles. The van der Waals surface area contributed by atoms with E-state index >= 15 is 4.39 Å². The number of carbonyl (C=O) groups excluding carboxylic acids is 3. The van der Waals surface area contributed by atoms with Crippen molar-refractivity contribution in [2.45, 2.75) is 13.3 Å². The average molecular weight is 590 g/mol. The molecule has 0 aliphatic rings. The third kappa shape index (κ3) is 7.98. The number of ether oxygens (including phenoxy) is 2. The van der Waals surface area contributed by atoms with Gasteiger partial charge in [-0.05, 0) is 42.0 Å². The van der Waals surface area contributed by atoms with Crippen molar-refractivity contribution in [1.82, 2.24) is 20.9 Å². The zero-order valence-corrected chi connectivity index (χ0v) is 23.6. The number of halogens is 1. The number of hydrogen-bond donors (Lipinski definition) is 4. The van der Waals surface area contributed by atoms with Crippen LogP contribution in [0.25, 0.3) is 10.9 Å². The summed E-state index contributed by atoms with van der Waals surface area (Å²) in [5, 5.41) is 11.2. The Balaban J connectivity index is 1.46. The number of carbonyl (C=O) groups is 3. The second-order valence-electron chi connectivity index (χ2n) is 9.03. The van der Waals surface area contributed by atoms with Crippen molar-refractivity contribution in [3.63, 3.8) is 0 Å². The van der Waals surface area contributed by atoms with Crippen LogP contribution in [0.2, 0.25) is 0 Å². The minimum Gasteiger partial charge on any atom is -0.496 e. The molecule has 10 nitrogen and oxygen atoms in total. The number of nitrogens with one attached hydrogen (secondary N) is 4. The highest BCUT2D eigenvalue weighted by molar-refractivity contribution is 7.80. The molecular formula is C30H28FN5O5S. The van der Waals surface area contributed by atoms with E-state index in [0.717, 1.165) is 5.56 Å². The van der Waals surface area contributed by atoms with E-state index in [4.69, 9.17) is 21.7 Å². The Bertz CT molecular complexity index is 1630. The molecule has 0 atom stereocenters. The first-order chi connectivity index (χ1) is 20.2. The van der Waals surface area contributed by atoms with Gasteiger partial charge in [-0.1, -0.05) is 30.3 Å². The van der Waals surface area contributed by atoms with Crippen LogP contribution in [0, 0.1) is 5.82 Å². The Morgan fingerprint density at radius 2 is 1.69 bits per heavy atom. The van der Waals surface area contributed by atoms with E-state index in [-0.39, 0.29) is 59.2 Å². The van der Waals surface area contributed by atoms with Crippen molar-refractivity contribution in [2.24, 2.45) is 0 Å². The molecule has 3 aromatic carbocycles. The third-order valence-corrected chi connectivity index (χ3v) is 6.13. The second-order valence-corrected chi connectivity index (χ2v) is 9.44. The number of thiocarbonyl (C=S) groups is 1. The van der Waals surface area contributed by atoms with Crippen molar-refractivity contribution in [1.29, 1.82) is 0 Å². The van der Waals surface area contributed by atoms with Crippen molar-refractivity contribution in [3.8, 4) is 17.2 Å². The molecule has 0 spiro atoms. The van der Waals surface area contributed by atoms with Gasteiger partial charge in [-0.25, -0.2) is 4.39 Å². The molecule has 0 saturated carbocycles. The molecule has 0 aliphatic heterocycles. The highest BCUT2D eigenvalue weighted by atomic mass is 32.1. The lowest BCUT2D eigenvalue weighted by Crippen LogP contribution is -2.35. The van der Waals surface area contributed by atoms with Gasteiger partial charge in [-0.15, -0.1) is 0 Å². The summed E-state index contributed by atoms with van der Waals surface area (Å²) in [6, 6.07) is 18.0. The van der Waals surface area contributed by atoms with Crippen LogP contribution < -0.4 is 30.7 Å². The third-order valence-electron chi connectivity index (χ3n) is 5.92. The van der Waals surface area contributed by atoms with E-state index in [1.807, 2.05) is 30.3 Å². The minimum absolute atomic E-state index is 0.0287. The zero-order chi connectivity index (χ0) is 30.1. The summed E-state index contributed by atoms with van der Waals surface area (Å²) < 4.78 is 26.3. The molecule has 12 heteroatoms. The van der Waals surface area contributed by atoms with E-state index in [0.29, 0.717) is 16.6 Å². The number of amides is 3. The van der Waals surface area contributed by atoms with Crippen LogP contribution in [0.1, 0.15) is 22.8 Å². The summed E-state index contributed by atoms with van der Waals surface area (Å²) in [5.74, 6) is -1.15. The molecule has 0 unspecified atom stereocenters.